The van der Waals surface area contributed by atoms with Crippen LogP contribution in [0.1, 0.15) is 13.3 Å². The van der Waals surface area contributed by atoms with Gasteiger partial charge in [0.15, 0.2) is 0 Å². The number of carbonyl (C=O) groups is 1. The molecule has 23 heavy (non-hydrogen) atoms. The van der Waals surface area contributed by atoms with E-state index in [0.29, 0.717) is 32.6 Å². The van der Waals surface area contributed by atoms with Gasteiger partial charge in [-0.2, -0.15) is 0 Å². The Morgan fingerprint density at radius 1 is 1.17 bits per heavy atom. The van der Waals surface area contributed by atoms with Gasteiger partial charge in [0, 0.05) is 44.0 Å². The van der Waals surface area contributed by atoms with Crippen LogP contribution in [0.2, 0.25) is 0 Å². The predicted molar refractivity (Wildman–Crippen MR) is 89.1 cm³/mol. The maximum Gasteiger partial charge on any atom is 0.269 e. The zero-order chi connectivity index (χ0) is 16.8. The van der Waals surface area contributed by atoms with Gasteiger partial charge in [0.2, 0.25) is 5.91 Å². The molecule has 0 unspecified atom stereocenters. The minimum Gasteiger partial charge on any atom is -0.368 e. The van der Waals surface area contributed by atoms with Crippen molar-refractivity contribution in [3.8, 4) is 0 Å². The van der Waals surface area contributed by atoms with Crippen LogP contribution in [0.15, 0.2) is 24.3 Å². The number of halogens is 2. The Hall–Kier alpha value is -1.53. The molecule has 124 valence electrons. The van der Waals surface area contributed by atoms with Gasteiger partial charge in [-0.15, -0.1) is 23.2 Å². The molecule has 0 spiro atoms. The topological polar surface area (TPSA) is 66.7 Å². The average Bonchev–Trinajstić information content (AvgIpc) is 3.06. The van der Waals surface area contributed by atoms with Gasteiger partial charge in [-0.1, -0.05) is 0 Å². The summed E-state index contributed by atoms with van der Waals surface area (Å²) in [5.74, 6) is 0.00542. The summed E-state index contributed by atoms with van der Waals surface area (Å²) in [5.41, 5.74) is 0.320. The minimum atomic E-state index is -0.945. The van der Waals surface area contributed by atoms with Gasteiger partial charge in [0.25, 0.3) is 5.69 Å². The van der Waals surface area contributed by atoms with E-state index in [0.717, 1.165) is 5.69 Å². The van der Waals surface area contributed by atoms with E-state index in [4.69, 9.17) is 23.2 Å². The third-order valence-electron chi connectivity index (χ3n) is 4.72. The fourth-order valence-corrected chi connectivity index (χ4v) is 3.63. The number of amides is 1. The van der Waals surface area contributed by atoms with Gasteiger partial charge in [-0.05, 0) is 25.5 Å². The fraction of sp³-hybridized carbons (Fsp3) is 0.533. The van der Waals surface area contributed by atoms with Gasteiger partial charge >= 0.3 is 0 Å². The van der Waals surface area contributed by atoms with Crippen LogP contribution in [0, 0.1) is 15.5 Å². The number of anilines is 1. The van der Waals surface area contributed by atoms with Crippen molar-refractivity contribution in [2.75, 3.05) is 31.1 Å². The van der Waals surface area contributed by atoms with E-state index in [1.165, 1.54) is 12.1 Å². The summed E-state index contributed by atoms with van der Waals surface area (Å²) < 4.78 is -0.945. The Kier molecular flexibility index (Phi) is 3.92. The summed E-state index contributed by atoms with van der Waals surface area (Å²) in [5, 5.41) is 10.7. The van der Waals surface area contributed by atoms with Crippen LogP contribution in [-0.2, 0) is 4.79 Å². The van der Waals surface area contributed by atoms with E-state index >= 15 is 0 Å². The number of nitro benzene ring substituents is 1. The first-order valence-electron chi connectivity index (χ1n) is 7.41. The normalized spacial score (nSPS) is 26.0. The fourth-order valence-electron chi connectivity index (χ4n) is 2.93. The first-order chi connectivity index (χ1) is 10.7. The molecule has 0 N–H and O–H groups in total. The number of carbonyl (C=O) groups excluding carboxylic acids is 1. The highest BCUT2D eigenvalue weighted by Crippen LogP contribution is 2.64. The van der Waals surface area contributed by atoms with Gasteiger partial charge in [0.05, 0.1) is 10.3 Å². The predicted octanol–water partition coefficient (Wildman–Crippen LogP) is 2.83. The second-order valence-electron chi connectivity index (χ2n) is 6.27. The molecule has 8 heteroatoms. The lowest BCUT2D eigenvalue weighted by Gasteiger charge is -2.37. The van der Waals surface area contributed by atoms with Crippen LogP contribution in [0.5, 0.6) is 0 Å². The molecule has 1 saturated heterocycles. The molecule has 1 aromatic carbocycles. The smallest absolute Gasteiger partial charge is 0.269 e. The molecule has 0 bridgehead atoms. The van der Waals surface area contributed by atoms with E-state index in [9.17, 15) is 14.9 Å². The summed E-state index contributed by atoms with van der Waals surface area (Å²) >= 11 is 12.2. The lowest BCUT2D eigenvalue weighted by Crippen LogP contribution is -2.51. The summed E-state index contributed by atoms with van der Waals surface area (Å²) in [4.78, 5) is 26.7. The van der Waals surface area contributed by atoms with Crippen molar-refractivity contribution >= 4 is 40.5 Å². The number of non-ortho nitro benzene ring substituents is 1. The van der Waals surface area contributed by atoms with Crippen molar-refractivity contribution < 1.29 is 9.72 Å². The van der Waals surface area contributed by atoms with E-state index in [-0.39, 0.29) is 11.6 Å². The third kappa shape index (κ3) is 2.85. The van der Waals surface area contributed by atoms with Gasteiger partial charge < -0.3 is 9.80 Å². The highest BCUT2D eigenvalue weighted by molar-refractivity contribution is 6.53. The number of nitro groups is 1. The third-order valence-corrected chi connectivity index (χ3v) is 5.82. The Balaban J connectivity index is 1.60. The Labute approximate surface area is 144 Å². The number of rotatable bonds is 3. The zero-order valence-corrected chi connectivity index (χ0v) is 14.2. The highest BCUT2D eigenvalue weighted by Gasteiger charge is 2.68. The molecule has 2 aliphatic rings. The number of piperazine rings is 1. The van der Waals surface area contributed by atoms with Crippen molar-refractivity contribution in [3.05, 3.63) is 34.4 Å². The van der Waals surface area contributed by atoms with Crippen molar-refractivity contribution in [2.45, 2.75) is 17.7 Å². The summed E-state index contributed by atoms with van der Waals surface area (Å²) in [7, 11) is 0. The molecule has 1 aromatic rings. The van der Waals surface area contributed by atoms with Crippen molar-refractivity contribution in [2.24, 2.45) is 5.41 Å². The molecule has 1 aliphatic carbocycles. The van der Waals surface area contributed by atoms with Crippen LogP contribution in [-0.4, -0.2) is 46.2 Å². The molecule has 0 aromatic heterocycles. The number of hydrogen-bond acceptors (Lipinski definition) is 4. The Bertz CT molecular complexity index is 642. The van der Waals surface area contributed by atoms with E-state index in [2.05, 4.69) is 4.90 Å². The number of nitrogens with zero attached hydrogens (tertiary/aromatic N) is 3. The Morgan fingerprint density at radius 2 is 1.70 bits per heavy atom. The number of hydrogen-bond donors (Lipinski definition) is 0. The number of alkyl halides is 2. The summed E-state index contributed by atoms with van der Waals surface area (Å²) in [6.45, 7) is 4.34. The molecule has 1 heterocycles. The van der Waals surface area contributed by atoms with Crippen LogP contribution >= 0.6 is 23.2 Å². The van der Waals surface area contributed by atoms with E-state index in [1.807, 2.05) is 0 Å². The highest BCUT2D eigenvalue weighted by atomic mass is 35.5. The molecular formula is C15H17Cl2N3O3. The molecule has 2 fully saturated rings. The largest absolute Gasteiger partial charge is 0.368 e. The van der Waals surface area contributed by atoms with Crippen LogP contribution in [0.25, 0.3) is 0 Å². The maximum absolute atomic E-state index is 12.5. The minimum absolute atomic E-state index is 0.00542. The van der Waals surface area contributed by atoms with E-state index < -0.39 is 14.7 Å². The molecule has 3 rings (SSSR count). The lowest BCUT2D eigenvalue weighted by molar-refractivity contribution is -0.384. The second-order valence-corrected chi connectivity index (χ2v) is 7.75. The van der Waals surface area contributed by atoms with Gasteiger partial charge in [-0.25, -0.2) is 0 Å². The SMILES string of the molecule is C[C@@]1(C(=O)N2CCN(c3ccc([N+](=O)[O-])cc3)CC2)CC1(Cl)Cl. The first kappa shape index (κ1) is 16.3. The standard InChI is InChI=1S/C15H17Cl2N3O3/c1-14(10-15(14,16)17)13(21)19-8-6-18(7-9-19)11-2-4-12(5-3-11)20(22)23/h2-5H,6-10H2,1H3/t14-/m0/s1. The lowest BCUT2D eigenvalue weighted by atomic mass is 10.1. The molecular weight excluding hydrogens is 341 g/mol. The maximum atomic E-state index is 12.5. The molecule has 1 atom stereocenters. The van der Waals surface area contributed by atoms with Crippen molar-refractivity contribution in [3.63, 3.8) is 0 Å². The summed E-state index contributed by atoms with van der Waals surface area (Å²) in [6, 6.07) is 6.46. The molecule has 1 amide bonds. The monoisotopic (exact) mass is 357 g/mol. The number of benzene rings is 1. The van der Waals surface area contributed by atoms with Crippen LogP contribution < -0.4 is 4.90 Å². The molecule has 6 nitrogen and oxygen atoms in total. The second kappa shape index (κ2) is 5.53. The summed E-state index contributed by atoms with van der Waals surface area (Å²) in [6.07, 6.45) is 0.491. The first-order valence-corrected chi connectivity index (χ1v) is 8.17. The molecule has 1 aliphatic heterocycles. The van der Waals surface area contributed by atoms with Crippen LogP contribution in [0.4, 0.5) is 11.4 Å². The quantitative estimate of drug-likeness (QED) is 0.473. The van der Waals surface area contributed by atoms with Gasteiger partial charge in [0.1, 0.15) is 4.33 Å². The molecule has 0 radical (unpaired) electrons. The zero-order valence-electron chi connectivity index (χ0n) is 12.7. The molecule has 1 saturated carbocycles. The van der Waals surface area contributed by atoms with Gasteiger partial charge in [-0.3, -0.25) is 14.9 Å². The Morgan fingerprint density at radius 3 is 2.13 bits per heavy atom. The average molecular weight is 358 g/mol. The van der Waals surface area contributed by atoms with E-state index in [1.54, 1.807) is 24.0 Å². The van der Waals surface area contributed by atoms with Crippen LogP contribution in [0.3, 0.4) is 0 Å². The van der Waals surface area contributed by atoms with Crippen molar-refractivity contribution in [1.29, 1.82) is 0 Å². The van der Waals surface area contributed by atoms with Crippen molar-refractivity contribution in [1.82, 2.24) is 4.90 Å².